The standard InChI is InChI=1S/C19H29NO/c1-12-9-14(18(3,4)5)10-15-13(2)16(21-17(12)15)11-20-19(6,7)8/h9-10,20H,11H2,1-8H3. The lowest BCUT2D eigenvalue weighted by Gasteiger charge is -2.19. The Morgan fingerprint density at radius 3 is 2.14 bits per heavy atom. The molecular weight excluding hydrogens is 258 g/mol. The first-order chi connectivity index (χ1) is 9.49. The average Bonchev–Trinajstić information content (AvgIpc) is 2.63. The molecule has 1 aromatic carbocycles. The van der Waals surface area contributed by atoms with E-state index < -0.39 is 0 Å². The first-order valence-corrected chi connectivity index (χ1v) is 7.77. The van der Waals surface area contributed by atoms with Crippen molar-refractivity contribution in [2.24, 2.45) is 0 Å². The highest BCUT2D eigenvalue weighted by molar-refractivity contribution is 5.85. The summed E-state index contributed by atoms with van der Waals surface area (Å²) in [6.45, 7) is 18.4. The molecule has 0 aliphatic rings. The summed E-state index contributed by atoms with van der Waals surface area (Å²) in [5.74, 6) is 1.05. The van der Waals surface area contributed by atoms with Crippen LogP contribution in [0, 0.1) is 13.8 Å². The molecule has 0 amide bonds. The van der Waals surface area contributed by atoms with Crippen LogP contribution in [-0.4, -0.2) is 5.54 Å². The fourth-order valence-electron chi connectivity index (χ4n) is 2.49. The van der Waals surface area contributed by atoms with Crippen molar-refractivity contribution in [3.05, 3.63) is 34.6 Å². The van der Waals surface area contributed by atoms with Gasteiger partial charge in [0.2, 0.25) is 0 Å². The molecule has 0 unspecified atom stereocenters. The molecule has 0 aliphatic carbocycles. The van der Waals surface area contributed by atoms with E-state index >= 15 is 0 Å². The minimum Gasteiger partial charge on any atom is -0.459 e. The van der Waals surface area contributed by atoms with Crippen LogP contribution in [0.15, 0.2) is 16.5 Å². The van der Waals surface area contributed by atoms with Gasteiger partial charge >= 0.3 is 0 Å². The molecule has 1 N–H and O–H groups in total. The zero-order valence-electron chi connectivity index (χ0n) is 14.8. The fraction of sp³-hybridized carbons (Fsp3) is 0.579. The summed E-state index contributed by atoms with van der Waals surface area (Å²) in [5.41, 5.74) is 5.14. The Morgan fingerprint density at radius 1 is 1.00 bits per heavy atom. The zero-order chi connectivity index (χ0) is 16.0. The lowest BCUT2D eigenvalue weighted by atomic mass is 9.85. The predicted octanol–water partition coefficient (Wildman–Crippen LogP) is 5.24. The Hall–Kier alpha value is -1.28. The quantitative estimate of drug-likeness (QED) is 0.817. The average molecular weight is 287 g/mol. The van der Waals surface area contributed by atoms with Crippen molar-refractivity contribution in [1.29, 1.82) is 0 Å². The van der Waals surface area contributed by atoms with Crippen LogP contribution in [0.4, 0.5) is 0 Å². The van der Waals surface area contributed by atoms with Crippen LogP contribution < -0.4 is 5.32 Å². The van der Waals surface area contributed by atoms with E-state index in [0.29, 0.717) is 0 Å². The molecule has 2 aromatic rings. The van der Waals surface area contributed by atoms with Gasteiger partial charge in [0.1, 0.15) is 11.3 Å². The normalized spacial score (nSPS) is 13.1. The van der Waals surface area contributed by atoms with Gasteiger partial charge in [0.15, 0.2) is 0 Å². The van der Waals surface area contributed by atoms with E-state index in [1.54, 1.807) is 0 Å². The van der Waals surface area contributed by atoms with Crippen LogP contribution >= 0.6 is 0 Å². The first-order valence-electron chi connectivity index (χ1n) is 7.77. The summed E-state index contributed by atoms with van der Waals surface area (Å²) in [5, 5.41) is 4.77. The van der Waals surface area contributed by atoms with Crippen LogP contribution in [0.5, 0.6) is 0 Å². The Balaban J connectivity index is 2.48. The number of rotatable bonds is 2. The van der Waals surface area contributed by atoms with Crippen molar-refractivity contribution in [3.8, 4) is 0 Å². The summed E-state index contributed by atoms with van der Waals surface area (Å²) < 4.78 is 6.13. The Labute approximate surface area is 128 Å². The van der Waals surface area contributed by atoms with Gasteiger partial charge in [0, 0.05) is 10.9 Å². The molecular formula is C19H29NO. The molecule has 0 atom stereocenters. The number of benzene rings is 1. The fourth-order valence-corrected chi connectivity index (χ4v) is 2.49. The molecule has 21 heavy (non-hydrogen) atoms. The van der Waals surface area contributed by atoms with Crippen LogP contribution in [0.2, 0.25) is 0 Å². The second kappa shape index (κ2) is 5.17. The monoisotopic (exact) mass is 287 g/mol. The van der Waals surface area contributed by atoms with Crippen LogP contribution in [-0.2, 0) is 12.0 Å². The van der Waals surface area contributed by atoms with Gasteiger partial charge in [-0.3, -0.25) is 0 Å². The molecule has 0 spiro atoms. The minimum absolute atomic E-state index is 0.0943. The van der Waals surface area contributed by atoms with E-state index in [4.69, 9.17) is 4.42 Å². The number of aryl methyl sites for hydroxylation is 2. The number of fused-ring (bicyclic) bond motifs is 1. The highest BCUT2D eigenvalue weighted by atomic mass is 16.3. The largest absolute Gasteiger partial charge is 0.459 e. The summed E-state index contributed by atoms with van der Waals surface area (Å²) in [6, 6.07) is 4.55. The second-order valence-electron chi connectivity index (χ2n) is 8.17. The van der Waals surface area contributed by atoms with Gasteiger partial charge in [-0.15, -0.1) is 0 Å². The van der Waals surface area contributed by atoms with Gasteiger partial charge in [-0.25, -0.2) is 0 Å². The number of nitrogens with one attached hydrogen (secondary N) is 1. The molecule has 0 saturated carbocycles. The van der Waals surface area contributed by atoms with E-state index in [9.17, 15) is 0 Å². The summed E-state index contributed by atoms with van der Waals surface area (Å²) >= 11 is 0. The van der Waals surface area contributed by atoms with Crippen LogP contribution in [0.25, 0.3) is 11.0 Å². The predicted molar refractivity (Wildman–Crippen MR) is 91.0 cm³/mol. The Kier molecular flexibility index (Phi) is 3.96. The van der Waals surface area contributed by atoms with E-state index in [-0.39, 0.29) is 11.0 Å². The van der Waals surface area contributed by atoms with E-state index in [2.05, 4.69) is 72.8 Å². The minimum atomic E-state index is 0.0943. The molecule has 0 radical (unpaired) electrons. The number of hydrogen-bond donors (Lipinski definition) is 1. The van der Waals surface area contributed by atoms with Crippen LogP contribution in [0.3, 0.4) is 0 Å². The number of furan rings is 1. The van der Waals surface area contributed by atoms with E-state index in [0.717, 1.165) is 17.9 Å². The molecule has 0 fully saturated rings. The summed E-state index contributed by atoms with van der Waals surface area (Å²) in [4.78, 5) is 0. The first kappa shape index (κ1) is 16.1. The van der Waals surface area contributed by atoms with Gasteiger partial charge in [-0.2, -0.15) is 0 Å². The Bertz CT molecular complexity index is 651. The molecule has 0 aliphatic heterocycles. The third kappa shape index (κ3) is 3.49. The van der Waals surface area contributed by atoms with Gasteiger partial charge in [-0.1, -0.05) is 26.8 Å². The zero-order valence-corrected chi connectivity index (χ0v) is 14.8. The highest BCUT2D eigenvalue weighted by Crippen LogP contribution is 2.33. The maximum absolute atomic E-state index is 6.13. The van der Waals surface area contributed by atoms with Gasteiger partial charge in [-0.05, 0) is 62.8 Å². The smallest absolute Gasteiger partial charge is 0.137 e. The SMILES string of the molecule is Cc1c(CNC(C)(C)C)oc2c(C)cc(C(C)(C)C)cc12. The van der Waals surface area contributed by atoms with Gasteiger partial charge in [0.25, 0.3) is 0 Å². The molecule has 2 rings (SSSR count). The van der Waals surface area contributed by atoms with Crippen molar-refractivity contribution in [3.63, 3.8) is 0 Å². The highest BCUT2D eigenvalue weighted by Gasteiger charge is 2.20. The third-order valence-corrected chi connectivity index (χ3v) is 3.97. The van der Waals surface area contributed by atoms with Crippen molar-refractivity contribution >= 4 is 11.0 Å². The lowest BCUT2D eigenvalue weighted by Crippen LogP contribution is -2.35. The van der Waals surface area contributed by atoms with Gasteiger partial charge in [0.05, 0.1) is 6.54 Å². The van der Waals surface area contributed by atoms with Crippen molar-refractivity contribution in [2.45, 2.75) is 72.9 Å². The van der Waals surface area contributed by atoms with E-state index in [1.165, 1.54) is 22.1 Å². The molecule has 2 heteroatoms. The third-order valence-electron chi connectivity index (χ3n) is 3.97. The number of hydrogen-bond acceptors (Lipinski definition) is 2. The molecule has 1 aromatic heterocycles. The molecule has 1 heterocycles. The molecule has 0 bridgehead atoms. The van der Waals surface area contributed by atoms with E-state index in [1.807, 2.05) is 0 Å². The molecule has 116 valence electrons. The Morgan fingerprint density at radius 2 is 1.62 bits per heavy atom. The van der Waals surface area contributed by atoms with Gasteiger partial charge < -0.3 is 9.73 Å². The van der Waals surface area contributed by atoms with Crippen molar-refractivity contribution in [1.82, 2.24) is 5.32 Å². The topological polar surface area (TPSA) is 25.2 Å². The maximum Gasteiger partial charge on any atom is 0.137 e. The maximum atomic E-state index is 6.13. The van der Waals surface area contributed by atoms with Crippen molar-refractivity contribution in [2.75, 3.05) is 0 Å². The van der Waals surface area contributed by atoms with Crippen molar-refractivity contribution < 1.29 is 4.42 Å². The van der Waals surface area contributed by atoms with Crippen LogP contribution in [0.1, 0.15) is 64.0 Å². The molecule has 2 nitrogen and oxygen atoms in total. The summed E-state index contributed by atoms with van der Waals surface area (Å²) in [7, 11) is 0. The summed E-state index contributed by atoms with van der Waals surface area (Å²) in [6.07, 6.45) is 0. The molecule has 0 saturated heterocycles. The second-order valence-corrected chi connectivity index (χ2v) is 8.17. The lowest BCUT2D eigenvalue weighted by molar-refractivity contribution is 0.393.